The molecule has 0 saturated carbocycles. The summed E-state index contributed by atoms with van der Waals surface area (Å²) >= 11 is 8.00. The molecule has 2 aromatic heterocycles. The second-order valence-electron chi connectivity index (χ2n) is 7.30. The van der Waals surface area contributed by atoms with Crippen molar-refractivity contribution >= 4 is 28.8 Å². The van der Waals surface area contributed by atoms with E-state index in [9.17, 15) is 4.79 Å². The van der Waals surface area contributed by atoms with E-state index in [4.69, 9.17) is 16.7 Å². The highest BCUT2D eigenvalue weighted by Crippen LogP contribution is 2.28. The third-order valence-electron chi connectivity index (χ3n) is 5.18. The van der Waals surface area contributed by atoms with E-state index in [0.29, 0.717) is 16.4 Å². The number of carbonyl (C=O) groups excluding carboxylic acids is 1. The molecule has 0 saturated heterocycles. The minimum absolute atomic E-state index is 0.0767. The van der Waals surface area contributed by atoms with E-state index in [-0.39, 0.29) is 11.9 Å². The third-order valence-corrected chi connectivity index (χ3v) is 6.39. The summed E-state index contributed by atoms with van der Waals surface area (Å²) in [5, 5.41) is 10.4. The van der Waals surface area contributed by atoms with Gasteiger partial charge in [-0.25, -0.2) is 4.68 Å². The van der Waals surface area contributed by atoms with Gasteiger partial charge in [0, 0.05) is 6.04 Å². The Morgan fingerprint density at radius 3 is 2.67 bits per heavy atom. The monoisotopic (exact) mass is 444 g/mol. The fraction of sp³-hybridized carbons (Fsp3) is 0.391. The number of aromatic nitrogens is 2. The van der Waals surface area contributed by atoms with Crippen LogP contribution in [-0.4, -0.2) is 46.3 Å². The smallest absolute Gasteiger partial charge is 0.270 e. The van der Waals surface area contributed by atoms with E-state index in [1.165, 1.54) is 0 Å². The Morgan fingerprint density at radius 1 is 1.23 bits per heavy atom. The zero-order valence-corrected chi connectivity index (χ0v) is 19.3. The highest BCUT2D eigenvalue weighted by Gasteiger charge is 2.20. The maximum Gasteiger partial charge on any atom is 0.270 e. The molecular weight excluding hydrogens is 416 g/mol. The maximum atomic E-state index is 13.1. The van der Waals surface area contributed by atoms with Crippen molar-refractivity contribution in [2.75, 3.05) is 19.6 Å². The normalized spacial score (nSPS) is 12.3. The lowest BCUT2D eigenvalue weighted by Gasteiger charge is -2.20. The summed E-state index contributed by atoms with van der Waals surface area (Å²) in [7, 11) is 0. The molecule has 3 aromatic rings. The molecule has 160 valence electrons. The number of rotatable bonds is 10. The molecule has 0 aliphatic rings. The second-order valence-corrected chi connectivity index (χ2v) is 8.65. The lowest BCUT2D eigenvalue weighted by atomic mass is 10.1. The number of nitrogens with zero attached hydrogens (tertiary/aromatic N) is 3. The van der Waals surface area contributed by atoms with Gasteiger partial charge in [-0.15, -0.1) is 11.3 Å². The highest BCUT2D eigenvalue weighted by atomic mass is 35.5. The predicted molar refractivity (Wildman–Crippen MR) is 126 cm³/mol. The minimum Gasteiger partial charge on any atom is -0.348 e. The number of para-hydroxylation sites is 1. The van der Waals surface area contributed by atoms with Gasteiger partial charge in [-0.2, -0.15) is 5.10 Å². The second kappa shape index (κ2) is 10.8. The van der Waals surface area contributed by atoms with Crippen molar-refractivity contribution in [1.82, 2.24) is 20.0 Å². The maximum absolute atomic E-state index is 13.1. The lowest BCUT2D eigenvalue weighted by Crippen LogP contribution is -2.34. The van der Waals surface area contributed by atoms with Crippen molar-refractivity contribution in [3.05, 3.63) is 58.6 Å². The molecule has 1 unspecified atom stereocenters. The van der Waals surface area contributed by atoms with E-state index in [1.807, 2.05) is 41.8 Å². The topological polar surface area (TPSA) is 50.2 Å². The number of halogens is 1. The Balaban J connectivity index is 1.78. The van der Waals surface area contributed by atoms with Crippen LogP contribution in [0.3, 0.4) is 0 Å². The molecule has 0 fully saturated rings. The summed E-state index contributed by atoms with van der Waals surface area (Å²) in [5.41, 5.74) is 1.95. The summed E-state index contributed by atoms with van der Waals surface area (Å²) in [6.45, 7) is 9.56. The summed E-state index contributed by atoms with van der Waals surface area (Å²) in [6, 6.07) is 13.3. The molecule has 0 aliphatic heterocycles. The molecule has 7 heteroatoms. The van der Waals surface area contributed by atoms with Crippen LogP contribution < -0.4 is 5.32 Å². The zero-order chi connectivity index (χ0) is 21.5. The predicted octanol–water partition coefficient (Wildman–Crippen LogP) is 5.49. The number of hydrogen-bond donors (Lipinski definition) is 1. The van der Waals surface area contributed by atoms with Gasteiger partial charge >= 0.3 is 0 Å². The largest absolute Gasteiger partial charge is 0.348 e. The Morgan fingerprint density at radius 2 is 2.00 bits per heavy atom. The van der Waals surface area contributed by atoms with E-state index in [2.05, 4.69) is 31.0 Å². The summed E-state index contributed by atoms with van der Waals surface area (Å²) in [6.07, 6.45) is 1.98. The van der Waals surface area contributed by atoms with Gasteiger partial charge in [-0.1, -0.05) is 43.6 Å². The Bertz CT molecular complexity index is 950. The van der Waals surface area contributed by atoms with Crippen molar-refractivity contribution < 1.29 is 4.79 Å². The molecule has 0 aliphatic carbocycles. The van der Waals surface area contributed by atoms with Crippen LogP contribution in [0.5, 0.6) is 0 Å². The molecule has 1 aromatic carbocycles. The SMILES string of the molecule is CCN(CC)CCCC(C)NC(=O)c1cc(-c2cccs2)nn1-c1ccccc1Cl. The van der Waals surface area contributed by atoms with Gasteiger partial charge in [0.05, 0.1) is 15.6 Å². The third kappa shape index (κ3) is 5.50. The Hall–Kier alpha value is -2.15. The molecule has 0 spiro atoms. The average molecular weight is 445 g/mol. The molecule has 1 atom stereocenters. The van der Waals surface area contributed by atoms with Gasteiger partial charge in [-0.05, 0) is 69.0 Å². The first kappa shape index (κ1) is 22.5. The van der Waals surface area contributed by atoms with Gasteiger partial charge in [0.1, 0.15) is 11.4 Å². The minimum atomic E-state index is -0.138. The van der Waals surface area contributed by atoms with Crippen molar-refractivity contribution in [1.29, 1.82) is 0 Å². The van der Waals surface area contributed by atoms with Gasteiger partial charge in [0.2, 0.25) is 0 Å². The number of benzene rings is 1. The molecule has 3 rings (SSSR count). The summed E-state index contributed by atoms with van der Waals surface area (Å²) < 4.78 is 1.65. The van der Waals surface area contributed by atoms with Crippen LogP contribution in [0, 0.1) is 0 Å². The summed E-state index contributed by atoms with van der Waals surface area (Å²) in [5.74, 6) is -0.138. The van der Waals surface area contributed by atoms with Crippen molar-refractivity contribution in [2.24, 2.45) is 0 Å². The average Bonchev–Trinajstić information content (AvgIpc) is 3.41. The van der Waals surface area contributed by atoms with Gasteiger partial charge in [0.15, 0.2) is 0 Å². The number of nitrogens with one attached hydrogen (secondary N) is 1. The number of hydrogen-bond acceptors (Lipinski definition) is 4. The quantitative estimate of drug-likeness (QED) is 0.449. The van der Waals surface area contributed by atoms with E-state index < -0.39 is 0 Å². The fourth-order valence-corrected chi connectivity index (χ4v) is 4.32. The van der Waals surface area contributed by atoms with Crippen LogP contribution in [0.1, 0.15) is 44.1 Å². The Kier molecular flexibility index (Phi) is 8.08. The lowest BCUT2D eigenvalue weighted by molar-refractivity contribution is 0.0929. The van der Waals surface area contributed by atoms with E-state index in [0.717, 1.165) is 43.0 Å². The first-order valence-electron chi connectivity index (χ1n) is 10.5. The molecular formula is C23H29ClN4OS. The number of thiophene rings is 1. The van der Waals surface area contributed by atoms with Crippen molar-refractivity contribution in [3.63, 3.8) is 0 Å². The van der Waals surface area contributed by atoms with Crippen LogP contribution >= 0.6 is 22.9 Å². The van der Waals surface area contributed by atoms with Crippen LogP contribution in [0.4, 0.5) is 0 Å². The van der Waals surface area contributed by atoms with Gasteiger partial charge < -0.3 is 10.2 Å². The molecule has 5 nitrogen and oxygen atoms in total. The van der Waals surface area contributed by atoms with Crippen LogP contribution in [-0.2, 0) is 0 Å². The van der Waals surface area contributed by atoms with Crippen LogP contribution in [0.15, 0.2) is 47.8 Å². The van der Waals surface area contributed by atoms with Gasteiger partial charge in [-0.3, -0.25) is 4.79 Å². The standard InChI is InChI=1S/C23H29ClN4OS/c1-4-27(5-2)14-8-10-17(3)25-23(29)21-16-19(22-13-9-15-30-22)26-28(21)20-12-7-6-11-18(20)24/h6-7,9,11-13,15-17H,4-5,8,10,14H2,1-3H3,(H,25,29). The van der Waals surface area contributed by atoms with E-state index >= 15 is 0 Å². The van der Waals surface area contributed by atoms with Gasteiger partial charge in [0.25, 0.3) is 5.91 Å². The molecule has 2 heterocycles. The number of amides is 1. The molecule has 1 N–H and O–H groups in total. The molecule has 0 radical (unpaired) electrons. The first-order valence-corrected chi connectivity index (χ1v) is 11.7. The summed E-state index contributed by atoms with van der Waals surface area (Å²) in [4.78, 5) is 16.5. The molecule has 0 bridgehead atoms. The number of carbonyl (C=O) groups is 1. The van der Waals surface area contributed by atoms with E-state index in [1.54, 1.807) is 22.1 Å². The fourth-order valence-electron chi connectivity index (χ4n) is 3.43. The van der Waals surface area contributed by atoms with Crippen LogP contribution in [0.25, 0.3) is 16.3 Å². The molecule has 30 heavy (non-hydrogen) atoms. The first-order chi connectivity index (χ1) is 14.5. The zero-order valence-electron chi connectivity index (χ0n) is 17.8. The molecule has 1 amide bonds. The van der Waals surface area contributed by atoms with Crippen molar-refractivity contribution in [2.45, 2.75) is 39.7 Å². The Labute approximate surface area is 187 Å². The van der Waals surface area contributed by atoms with Crippen LogP contribution in [0.2, 0.25) is 5.02 Å². The van der Waals surface area contributed by atoms with Crippen molar-refractivity contribution in [3.8, 4) is 16.3 Å². The highest BCUT2D eigenvalue weighted by molar-refractivity contribution is 7.13.